The van der Waals surface area contributed by atoms with Gasteiger partial charge in [-0.05, 0) is 35.4 Å². The van der Waals surface area contributed by atoms with Gasteiger partial charge >= 0.3 is 0 Å². The molecule has 2 heterocycles. The van der Waals surface area contributed by atoms with Crippen LogP contribution in [0, 0.1) is 11.9 Å². The summed E-state index contributed by atoms with van der Waals surface area (Å²) in [6.45, 7) is 1.48. The van der Waals surface area contributed by atoms with Crippen LogP contribution in [0.4, 0.5) is 10.1 Å². The van der Waals surface area contributed by atoms with Crippen molar-refractivity contribution >= 4 is 36.4 Å². The van der Waals surface area contributed by atoms with Gasteiger partial charge < -0.3 is 10.6 Å². The van der Waals surface area contributed by atoms with E-state index in [2.05, 4.69) is 27.8 Å². The Kier molecular flexibility index (Phi) is 8.14. The molecule has 1 fully saturated rings. The quantitative estimate of drug-likeness (QED) is 0.587. The Labute approximate surface area is 181 Å². The highest BCUT2D eigenvalue weighted by atomic mass is 35.5. The van der Waals surface area contributed by atoms with Crippen molar-refractivity contribution < 1.29 is 9.18 Å². The molecule has 3 aromatic rings. The van der Waals surface area contributed by atoms with Crippen molar-refractivity contribution in [1.29, 1.82) is 0 Å². The molecule has 1 saturated heterocycles. The molecule has 2 aromatic carbocycles. The number of rotatable bonds is 4. The Hall–Kier alpha value is -2.47. The SMILES string of the molecule is Cl.Cl.O=C(Nc1ccc(-c2ccc(F)nc2)cc1)[C@@H]1CNC[C@H]1c1ccccc1. The van der Waals surface area contributed by atoms with Gasteiger partial charge in [-0.3, -0.25) is 4.79 Å². The number of hydrogen-bond acceptors (Lipinski definition) is 3. The molecule has 1 aliphatic heterocycles. The average molecular weight is 434 g/mol. The van der Waals surface area contributed by atoms with Crippen LogP contribution in [0.3, 0.4) is 0 Å². The van der Waals surface area contributed by atoms with E-state index >= 15 is 0 Å². The van der Waals surface area contributed by atoms with Crippen molar-refractivity contribution in [2.75, 3.05) is 18.4 Å². The predicted molar refractivity (Wildman–Crippen MR) is 118 cm³/mol. The minimum atomic E-state index is -0.499. The molecular weight excluding hydrogens is 412 g/mol. The lowest BCUT2D eigenvalue weighted by atomic mass is 9.88. The Balaban J connectivity index is 0.00000150. The van der Waals surface area contributed by atoms with Crippen molar-refractivity contribution in [1.82, 2.24) is 10.3 Å². The van der Waals surface area contributed by atoms with Crippen LogP contribution >= 0.6 is 24.8 Å². The Morgan fingerprint density at radius 2 is 1.62 bits per heavy atom. The number of carbonyl (C=O) groups is 1. The van der Waals surface area contributed by atoms with Crippen LogP contribution in [0.5, 0.6) is 0 Å². The van der Waals surface area contributed by atoms with Crippen LogP contribution in [-0.4, -0.2) is 24.0 Å². The third-order valence-electron chi connectivity index (χ3n) is 4.99. The van der Waals surface area contributed by atoms with Gasteiger partial charge in [-0.1, -0.05) is 42.5 Å². The van der Waals surface area contributed by atoms with Gasteiger partial charge in [-0.25, -0.2) is 4.98 Å². The lowest BCUT2D eigenvalue weighted by molar-refractivity contribution is -0.119. The smallest absolute Gasteiger partial charge is 0.229 e. The van der Waals surface area contributed by atoms with E-state index in [4.69, 9.17) is 0 Å². The number of aromatic nitrogens is 1. The van der Waals surface area contributed by atoms with E-state index in [1.54, 1.807) is 6.07 Å². The largest absolute Gasteiger partial charge is 0.326 e. The molecule has 4 rings (SSSR count). The Morgan fingerprint density at radius 1 is 0.931 bits per heavy atom. The summed E-state index contributed by atoms with van der Waals surface area (Å²) >= 11 is 0. The summed E-state index contributed by atoms with van der Waals surface area (Å²) in [5.74, 6) is -0.407. The number of amides is 1. The first-order valence-electron chi connectivity index (χ1n) is 8.99. The first-order valence-corrected chi connectivity index (χ1v) is 8.99. The fraction of sp³-hybridized carbons (Fsp3) is 0.182. The summed E-state index contributed by atoms with van der Waals surface area (Å²) in [5, 5.41) is 6.34. The fourth-order valence-corrected chi connectivity index (χ4v) is 3.53. The second-order valence-electron chi connectivity index (χ2n) is 6.72. The van der Waals surface area contributed by atoms with E-state index in [1.807, 2.05) is 42.5 Å². The maximum Gasteiger partial charge on any atom is 0.229 e. The van der Waals surface area contributed by atoms with Gasteiger partial charge in [0.25, 0.3) is 0 Å². The molecule has 1 aromatic heterocycles. The minimum Gasteiger partial charge on any atom is -0.326 e. The number of carbonyl (C=O) groups excluding carboxylic acids is 1. The molecule has 0 radical (unpaired) electrons. The Morgan fingerprint density at radius 3 is 2.28 bits per heavy atom. The van der Waals surface area contributed by atoms with Crippen LogP contribution in [0.15, 0.2) is 72.9 Å². The highest BCUT2D eigenvalue weighted by Gasteiger charge is 2.33. The van der Waals surface area contributed by atoms with Crippen molar-refractivity contribution in [3.05, 3.63) is 84.4 Å². The molecule has 1 aliphatic rings. The zero-order valence-corrected chi connectivity index (χ0v) is 17.2. The van der Waals surface area contributed by atoms with Crippen molar-refractivity contribution in [3.8, 4) is 11.1 Å². The average Bonchev–Trinajstić information content (AvgIpc) is 3.20. The maximum atomic E-state index is 12.9. The van der Waals surface area contributed by atoms with Gasteiger partial charge in [0.15, 0.2) is 0 Å². The van der Waals surface area contributed by atoms with Crippen LogP contribution in [-0.2, 0) is 4.79 Å². The summed E-state index contributed by atoms with van der Waals surface area (Å²) in [6.07, 6.45) is 1.50. The third kappa shape index (κ3) is 5.32. The second-order valence-corrected chi connectivity index (χ2v) is 6.72. The van der Waals surface area contributed by atoms with E-state index in [0.29, 0.717) is 6.54 Å². The number of hydrogen-bond donors (Lipinski definition) is 2. The summed E-state index contributed by atoms with van der Waals surface area (Å²) in [6, 6.07) is 20.7. The van der Waals surface area contributed by atoms with Crippen LogP contribution in [0.2, 0.25) is 0 Å². The molecule has 0 bridgehead atoms. The minimum absolute atomic E-state index is 0. The van der Waals surface area contributed by atoms with E-state index < -0.39 is 5.95 Å². The summed E-state index contributed by atoms with van der Waals surface area (Å²) < 4.78 is 12.9. The summed E-state index contributed by atoms with van der Waals surface area (Å²) in [5.41, 5.74) is 3.68. The molecule has 0 saturated carbocycles. The monoisotopic (exact) mass is 433 g/mol. The number of nitrogens with one attached hydrogen (secondary N) is 2. The molecule has 0 unspecified atom stereocenters. The first-order chi connectivity index (χ1) is 13.2. The van der Waals surface area contributed by atoms with Gasteiger partial charge in [0.1, 0.15) is 0 Å². The normalized spacial score (nSPS) is 17.7. The molecule has 4 nitrogen and oxygen atoms in total. The zero-order chi connectivity index (χ0) is 18.6. The van der Waals surface area contributed by atoms with Crippen molar-refractivity contribution in [2.45, 2.75) is 5.92 Å². The number of halogens is 3. The van der Waals surface area contributed by atoms with Crippen LogP contribution in [0.25, 0.3) is 11.1 Å². The van der Waals surface area contributed by atoms with Crippen LogP contribution in [0.1, 0.15) is 11.5 Å². The van der Waals surface area contributed by atoms with E-state index in [-0.39, 0.29) is 42.6 Å². The van der Waals surface area contributed by atoms with E-state index in [0.717, 1.165) is 23.4 Å². The molecule has 0 aliphatic carbocycles. The van der Waals surface area contributed by atoms with Crippen molar-refractivity contribution in [3.63, 3.8) is 0 Å². The summed E-state index contributed by atoms with van der Waals surface area (Å²) in [7, 11) is 0. The molecular formula is C22H22Cl2FN3O. The highest BCUT2D eigenvalue weighted by molar-refractivity contribution is 5.94. The van der Waals surface area contributed by atoms with Gasteiger partial charge in [-0.15, -0.1) is 24.8 Å². The lowest BCUT2D eigenvalue weighted by Crippen LogP contribution is -2.28. The molecule has 0 spiro atoms. The molecule has 2 atom stereocenters. The second kappa shape index (κ2) is 10.3. The highest BCUT2D eigenvalue weighted by Crippen LogP contribution is 2.29. The number of pyridine rings is 1. The van der Waals surface area contributed by atoms with E-state index in [1.165, 1.54) is 17.8 Å². The molecule has 2 N–H and O–H groups in total. The molecule has 152 valence electrons. The standard InChI is InChI=1S/C22H20FN3O.2ClH/c23-21-11-8-17(12-25-21)15-6-9-18(10-7-15)26-22(27)20-14-24-13-19(20)16-4-2-1-3-5-16;;/h1-12,19-20,24H,13-14H2,(H,26,27);2*1H/t19-,20+;;/m0../s1. The van der Waals surface area contributed by atoms with Gasteiger partial charge in [0.05, 0.1) is 5.92 Å². The molecule has 1 amide bonds. The lowest BCUT2D eigenvalue weighted by Gasteiger charge is -2.18. The van der Waals surface area contributed by atoms with Gasteiger partial charge in [-0.2, -0.15) is 4.39 Å². The van der Waals surface area contributed by atoms with E-state index in [9.17, 15) is 9.18 Å². The number of anilines is 1. The topological polar surface area (TPSA) is 54.0 Å². The van der Waals surface area contributed by atoms with Gasteiger partial charge in [0.2, 0.25) is 11.9 Å². The van der Waals surface area contributed by atoms with Gasteiger partial charge in [0, 0.05) is 36.5 Å². The predicted octanol–water partition coefficient (Wildman–Crippen LogP) is 4.67. The first kappa shape index (κ1) is 22.8. The maximum absolute atomic E-state index is 12.9. The Bertz CT molecular complexity index is 921. The third-order valence-corrected chi connectivity index (χ3v) is 4.99. The molecule has 29 heavy (non-hydrogen) atoms. The van der Waals surface area contributed by atoms with Crippen molar-refractivity contribution in [2.24, 2.45) is 5.92 Å². The van der Waals surface area contributed by atoms with Crippen LogP contribution < -0.4 is 10.6 Å². The fourth-order valence-electron chi connectivity index (χ4n) is 3.53. The summed E-state index contributed by atoms with van der Waals surface area (Å²) in [4.78, 5) is 16.5. The number of benzene rings is 2. The zero-order valence-electron chi connectivity index (χ0n) is 15.5. The number of nitrogens with zero attached hydrogens (tertiary/aromatic N) is 1. The molecule has 7 heteroatoms.